The van der Waals surface area contributed by atoms with E-state index in [2.05, 4.69) is 37.4 Å². The highest BCUT2D eigenvalue weighted by Crippen LogP contribution is 2.41. The summed E-state index contributed by atoms with van der Waals surface area (Å²) in [6, 6.07) is 7.69. The number of nitrogens with one attached hydrogen (secondary N) is 2. The van der Waals surface area contributed by atoms with Gasteiger partial charge in [0.25, 0.3) is 5.69 Å². The molecule has 0 amide bonds. The average molecular weight is 676 g/mol. The van der Waals surface area contributed by atoms with E-state index in [1.807, 2.05) is 4.90 Å². The number of hydrogen-bond acceptors (Lipinski definition) is 13. The van der Waals surface area contributed by atoms with Crippen molar-refractivity contribution in [2.24, 2.45) is 0 Å². The molecule has 2 saturated heterocycles. The summed E-state index contributed by atoms with van der Waals surface area (Å²) in [5.41, 5.74) is 1.14. The van der Waals surface area contributed by atoms with Gasteiger partial charge in [0.15, 0.2) is 5.82 Å². The molecule has 3 N–H and O–H groups in total. The van der Waals surface area contributed by atoms with Crippen molar-refractivity contribution in [1.82, 2.24) is 19.8 Å². The molecule has 248 valence electrons. The largest absolute Gasteiger partial charge is 0.508 e. The molecular formula is C29H38ClN9O6S. The van der Waals surface area contributed by atoms with Crippen LogP contribution in [0.5, 0.6) is 11.5 Å². The van der Waals surface area contributed by atoms with Gasteiger partial charge in [-0.3, -0.25) is 19.3 Å². The lowest BCUT2D eigenvalue weighted by Crippen LogP contribution is -2.52. The zero-order valence-electron chi connectivity index (χ0n) is 26.1. The summed E-state index contributed by atoms with van der Waals surface area (Å²) in [7, 11) is 1.31. The second kappa shape index (κ2) is 13.7. The standard InChI is InChI=1S/C29H38ClN9O6S/c1-35-11-13-37(14-12-35)19-7-9-38(10-8-19)25-17-27(45-3)23(16-26(25)39(41)42)33-29-31-18-21(30)28(34-29)32-22-6-5-20(40)15-24(22)36(2)46(4,43)44/h5-6,15-19,40H,7-14H2,1-4H3,(H2,31,32,33,34). The third-order valence-electron chi connectivity index (χ3n) is 8.41. The fourth-order valence-corrected chi connectivity index (χ4v) is 6.36. The molecule has 0 saturated carbocycles. The van der Waals surface area contributed by atoms with E-state index in [0.717, 1.165) is 49.6 Å². The maximum Gasteiger partial charge on any atom is 0.294 e. The maximum absolute atomic E-state index is 12.3. The van der Waals surface area contributed by atoms with E-state index in [1.54, 1.807) is 6.07 Å². The molecule has 2 aromatic carbocycles. The normalized spacial score (nSPS) is 16.7. The van der Waals surface area contributed by atoms with Gasteiger partial charge in [-0.25, -0.2) is 13.4 Å². The quantitative estimate of drug-likeness (QED) is 0.161. The molecule has 5 rings (SSSR count). The Hall–Kier alpha value is -4.12. The number of aromatic nitrogens is 2. The molecule has 2 fully saturated rings. The fraction of sp³-hybridized carbons (Fsp3) is 0.448. The predicted octanol–water partition coefficient (Wildman–Crippen LogP) is 3.85. The van der Waals surface area contributed by atoms with Crippen LogP contribution in [0.4, 0.5) is 40.2 Å². The number of hydrogen-bond donors (Lipinski definition) is 3. The molecule has 0 aliphatic carbocycles. The number of ether oxygens (including phenoxy) is 1. The Balaban J connectivity index is 1.38. The molecule has 2 aliphatic rings. The molecule has 1 aromatic heterocycles. The Bertz CT molecular complexity index is 1700. The van der Waals surface area contributed by atoms with Crippen LogP contribution < -0.4 is 24.6 Å². The number of aromatic hydroxyl groups is 1. The first-order valence-corrected chi connectivity index (χ1v) is 16.9. The average Bonchev–Trinajstić information content (AvgIpc) is 3.03. The van der Waals surface area contributed by atoms with Crippen molar-refractivity contribution < 1.29 is 23.2 Å². The van der Waals surface area contributed by atoms with E-state index in [0.29, 0.717) is 36.3 Å². The van der Waals surface area contributed by atoms with Crippen molar-refractivity contribution in [3.05, 3.63) is 51.7 Å². The van der Waals surface area contributed by atoms with E-state index >= 15 is 0 Å². The number of nitro benzene ring substituents is 1. The Morgan fingerprint density at radius 2 is 1.78 bits per heavy atom. The van der Waals surface area contributed by atoms with Gasteiger partial charge >= 0.3 is 0 Å². The van der Waals surface area contributed by atoms with Crippen molar-refractivity contribution in [1.29, 1.82) is 0 Å². The van der Waals surface area contributed by atoms with Crippen LogP contribution in [0.1, 0.15) is 12.8 Å². The Morgan fingerprint density at radius 1 is 1.09 bits per heavy atom. The van der Waals surface area contributed by atoms with Crippen LogP contribution in [-0.4, -0.2) is 111 Å². The van der Waals surface area contributed by atoms with E-state index in [9.17, 15) is 23.6 Å². The molecule has 0 spiro atoms. The van der Waals surface area contributed by atoms with E-state index in [1.165, 1.54) is 44.6 Å². The molecule has 0 bridgehead atoms. The number of halogens is 1. The number of phenolic OH excluding ortho intramolecular Hbond substituents is 1. The summed E-state index contributed by atoms with van der Waals surface area (Å²) < 4.78 is 31.1. The molecule has 0 radical (unpaired) electrons. The lowest BCUT2D eigenvalue weighted by molar-refractivity contribution is -0.384. The van der Waals surface area contributed by atoms with Gasteiger partial charge in [-0.15, -0.1) is 0 Å². The zero-order valence-corrected chi connectivity index (χ0v) is 27.7. The van der Waals surface area contributed by atoms with Crippen LogP contribution in [0.2, 0.25) is 5.02 Å². The number of sulfonamides is 1. The molecule has 0 unspecified atom stereocenters. The minimum atomic E-state index is -3.66. The van der Waals surface area contributed by atoms with Crippen molar-refractivity contribution in [3.8, 4) is 11.5 Å². The number of anilines is 6. The number of piperazine rings is 1. The van der Waals surface area contributed by atoms with E-state index in [4.69, 9.17) is 16.3 Å². The second-order valence-corrected chi connectivity index (χ2v) is 13.8. The van der Waals surface area contributed by atoms with E-state index in [-0.39, 0.29) is 39.6 Å². The summed E-state index contributed by atoms with van der Waals surface area (Å²) >= 11 is 6.38. The monoisotopic (exact) mass is 675 g/mol. The number of rotatable bonds is 10. The van der Waals surface area contributed by atoms with Gasteiger partial charge in [0.05, 0.1) is 41.5 Å². The molecule has 17 heteroatoms. The van der Waals surface area contributed by atoms with Gasteiger partial charge in [-0.2, -0.15) is 4.98 Å². The molecule has 15 nitrogen and oxygen atoms in total. The van der Waals surface area contributed by atoms with Crippen LogP contribution in [0.15, 0.2) is 36.5 Å². The molecule has 0 atom stereocenters. The van der Waals surface area contributed by atoms with Crippen molar-refractivity contribution >= 4 is 61.8 Å². The summed E-state index contributed by atoms with van der Waals surface area (Å²) in [4.78, 5) is 27.4. The topological polar surface area (TPSA) is 170 Å². The molecule has 2 aliphatic heterocycles. The van der Waals surface area contributed by atoms with Gasteiger partial charge in [0.1, 0.15) is 22.2 Å². The van der Waals surface area contributed by atoms with Gasteiger partial charge in [-0.05, 0) is 32.0 Å². The van der Waals surface area contributed by atoms with E-state index < -0.39 is 14.9 Å². The van der Waals surface area contributed by atoms with Crippen molar-refractivity contribution in [2.45, 2.75) is 18.9 Å². The van der Waals surface area contributed by atoms with Crippen LogP contribution in [-0.2, 0) is 10.0 Å². The number of methoxy groups -OCH3 is 1. The molecule has 46 heavy (non-hydrogen) atoms. The van der Waals surface area contributed by atoms with Gasteiger partial charge in [0.2, 0.25) is 16.0 Å². The van der Waals surface area contributed by atoms with Crippen LogP contribution in [0.3, 0.4) is 0 Å². The third-order valence-corrected chi connectivity index (χ3v) is 9.88. The zero-order chi connectivity index (χ0) is 33.2. The maximum atomic E-state index is 12.3. The van der Waals surface area contributed by atoms with Crippen LogP contribution in [0.25, 0.3) is 0 Å². The molecule has 3 aromatic rings. The third kappa shape index (κ3) is 7.46. The Labute approximate surface area is 272 Å². The lowest BCUT2D eigenvalue weighted by Gasteiger charge is -2.42. The number of nitro groups is 1. The molecule has 3 heterocycles. The minimum Gasteiger partial charge on any atom is -0.508 e. The summed E-state index contributed by atoms with van der Waals surface area (Å²) in [5, 5.41) is 28.4. The highest BCUT2D eigenvalue weighted by molar-refractivity contribution is 7.92. The summed E-state index contributed by atoms with van der Waals surface area (Å²) in [6.07, 6.45) is 4.20. The SMILES string of the molecule is COc1cc(N2CCC(N3CCN(C)CC3)CC2)c([N+](=O)[O-])cc1Nc1ncc(Cl)c(Nc2ccc(O)cc2N(C)S(C)(=O)=O)n1. The first-order chi connectivity index (χ1) is 21.8. The number of likely N-dealkylation sites (N-methyl/N-ethyl adjacent to an activating group) is 1. The summed E-state index contributed by atoms with van der Waals surface area (Å²) in [6.45, 7) is 5.55. The smallest absolute Gasteiger partial charge is 0.294 e. The predicted molar refractivity (Wildman–Crippen MR) is 179 cm³/mol. The molecular weight excluding hydrogens is 638 g/mol. The van der Waals surface area contributed by atoms with Crippen LogP contribution in [0, 0.1) is 10.1 Å². The van der Waals surface area contributed by atoms with Gasteiger partial charge < -0.3 is 30.3 Å². The Kier molecular flexibility index (Phi) is 9.91. The first kappa shape index (κ1) is 33.2. The summed E-state index contributed by atoms with van der Waals surface area (Å²) in [5.74, 6) is 0.410. The van der Waals surface area contributed by atoms with Crippen molar-refractivity contribution in [3.63, 3.8) is 0 Å². The number of nitrogens with zero attached hydrogens (tertiary/aromatic N) is 7. The highest BCUT2D eigenvalue weighted by atomic mass is 35.5. The fourth-order valence-electron chi connectivity index (χ4n) is 5.71. The highest BCUT2D eigenvalue weighted by Gasteiger charge is 2.30. The first-order valence-electron chi connectivity index (χ1n) is 14.7. The number of piperidine rings is 1. The lowest BCUT2D eigenvalue weighted by atomic mass is 10.0. The van der Waals surface area contributed by atoms with Crippen LogP contribution >= 0.6 is 11.6 Å². The Morgan fingerprint density at radius 3 is 2.41 bits per heavy atom. The number of benzene rings is 2. The van der Waals surface area contributed by atoms with Gasteiger partial charge in [-0.1, -0.05) is 11.6 Å². The van der Waals surface area contributed by atoms with Crippen molar-refractivity contribution in [2.75, 3.05) is 86.6 Å². The minimum absolute atomic E-state index is 0.0528. The number of phenols is 1. The second-order valence-electron chi connectivity index (χ2n) is 11.4. The van der Waals surface area contributed by atoms with Gasteiger partial charge in [0, 0.05) is 70.6 Å².